The molecular weight excluding hydrogens is 285 g/mol. The van der Waals surface area contributed by atoms with Crippen molar-refractivity contribution in [2.75, 3.05) is 18.5 Å². The monoisotopic (exact) mass is 303 g/mol. The molecule has 0 unspecified atom stereocenters. The minimum absolute atomic E-state index is 0.174. The highest BCUT2D eigenvalue weighted by atomic mass is 19.1. The maximum absolute atomic E-state index is 13.7. The largest absolute Gasteiger partial charge is 0.493 e. The maximum Gasteiger partial charge on any atom is 0.227 e. The van der Waals surface area contributed by atoms with Crippen LogP contribution in [0.1, 0.15) is 13.3 Å². The molecule has 0 radical (unpaired) electrons. The van der Waals surface area contributed by atoms with E-state index in [1.54, 1.807) is 13.0 Å². The molecule has 116 valence electrons. The lowest BCUT2D eigenvalue weighted by molar-refractivity contribution is -0.116. The van der Waals surface area contributed by atoms with Gasteiger partial charge in [-0.1, -0.05) is 18.2 Å². The fourth-order valence-electron chi connectivity index (χ4n) is 1.85. The van der Waals surface area contributed by atoms with E-state index in [-0.39, 0.29) is 24.7 Å². The number of nitrogens with one attached hydrogen (secondary N) is 1. The van der Waals surface area contributed by atoms with Crippen LogP contribution in [0.4, 0.5) is 10.1 Å². The molecule has 2 aromatic carbocycles. The van der Waals surface area contributed by atoms with Crippen molar-refractivity contribution in [2.45, 2.75) is 13.3 Å². The second-order valence-electron chi connectivity index (χ2n) is 4.54. The first kappa shape index (κ1) is 15.8. The van der Waals surface area contributed by atoms with Gasteiger partial charge in [-0.2, -0.15) is 0 Å². The lowest BCUT2D eigenvalue weighted by Gasteiger charge is -2.09. The maximum atomic E-state index is 13.7. The van der Waals surface area contributed by atoms with Crippen molar-refractivity contribution in [2.24, 2.45) is 0 Å². The fourth-order valence-corrected chi connectivity index (χ4v) is 1.85. The summed E-state index contributed by atoms with van der Waals surface area (Å²) in [6.07, 6.45) is 0.184. The number of hydrogen-bond donors (Lipinski definition) is 1. The van der Waals surface area contributed by atoms with Crippen LogP contribution in [0.3, 0.4) is 0 Å². The number of amides is 1. The Hall–Kier alpha value is -2.56. The molecule has 0 spiro atoms. The second-order valence-corrected chi connectivity index (χ2v) is 4.54. The van der Waals surface area contributed by atoms with Crippen LogP contribution in [0, 0.1) is 5.82 Å². The van der Waals surface area contributed by atoms with Crippen LogP contribution in [0.2, 0.25) is 0 Å². The molecule has 0 saturated carbocycles. The average Bonchev–Trinajstić information content (AvgIpc) is 2.51. The van der Waals surface area contributed by atoms with Gasteiger partial charge in [-0.15, -0.1) is 0 Å². The molecule has 1 N–H and O–H groups in total. The number of carbonyl (C=O) groups is 1. The van der Waals surface area contributed by atoms with Gasteiger partial charge in [-0.05, 0) is 31.2 Å². The van der Waals surface area contributed by atoms with Gasteiger partial charge in [0.15, 0.2) is 11.6 Å². The number of halogens is 1. The number of carbonyl (C=O) groups excluding carboxylic acids is 1. The molecule has 0 aliphatic carbocycles. The lowest BCUT2D eigenvalue weighted by atomic mass is 10.2. The van der Waals surface area contributed by atoms with Crippen molar-refractivity contribution < 1.29 is 18.7 Å². The zero-order chi connectivity index (χ0) is 15.8. The molecular formula is C17H18FNO3. The minimum atomic E-state index is -0.500. The number of ether oxygens (including phenoxy) is 2. The average molecular weight is 303 g/mol. The molecule has 0 heterocycles. The second kappa shape index (κ2) is 8.02. The van der Waals surface area contributed by atoms with Crippen molar-refractivity contribution in [1.29, 1.82) is 0 Å². The topological polar surface area (TPSA) is 47.6 Å². The fraction of sp³-hybridized carbons (Fsp3) is 0.235. The van der Waals surface area contributed by atoms with Crippen molar-refractivity contribution in [3.05, 3.63) is 54.3 Å². The third kappa shape index (κ3) is 4.77. The van der Waals surface area contributed by atoms with Crippen LogP contribution >= 0.6 is 0 Å². The number of anilines is 1. The first-order chi connectivity index (χ1) is 10.7. The van der Waals surface area contributed by atoms with Crippen LogP contribution < -0.4 is 14.8 Å². The number of benzene rings is 2. The van der Waals surface area contributed by atoms with E-state index in [1.165, 1.54) is 12.1 Å². The number of rotatable bonds is 7. The molecule has 22 heavy (non-hydrogen) atoms. The molecule has 0 saturated heterocycles. The predicted octanol–water partition coefficient (Wildman–Crippen LogP) is 3.63. The Morgan fingerprint density at radius 3 is 2.59 bits per heavy atom. The van der Waals surface area contributed by atoms with Crippen LogP contribution in [0.5, 0.6) is 11.5 Å². The first-order valence-electron chi connectivity index (χ1n) is 7.09. The molecule has 2 rings (SSSR count). The Kier molecular flexibility index (Phi) is 5.77. The molecule has 4 nitrogen and oxygen atoms in total. The van der Waals surface area contributed by atoms with Crippen molar-refractivity contribution in [3.8, 4) is 11.5 Å². The summed E-state index contributed by atoms with van der Waals surface area (Å²) < 4.78 is 24.2. The summed E-state index contributed by atoms with van der Waals surface area (Å²) in [6, 6.07) is 13.6. The minimum Gasteiger partial charge on any atom is -0.493 e. The number of para-hydroxylation sites is 1. The summed E-state index contributed by atoms with van der Waals surface area (Å²) in [5, 5.41) is 2.62. The van der Waals surface area contributed by atoms with Gasteiger partial charge in [0.1, 0.15) is 5.75 Å². The normalized spacial score (nSPS) is 10.1. The van der Waals surface area contributed by atoms with E-state index in [4.69, 9.17) is 9.47 Å². The van der Waals surface area contributed by atoms with Gasteiger partial charge in [0, 0.05) is 11.8 Å². The highest BCUT2D eigenvalue weighted by Gasteiger charge is 2.07. The van der Waals surface area contributed by atoms with Gasteiger partial charge in [0.2, 0.25) is 5.91 Å². The van der Waals surface area contributed by atoms with Gasteiger partial charge in [-0.3, -0.25) is 4.79 Å². The van der Waals surface area contributed by atoms with Crippen LogP contribution in [-0.2, 0) is 4.79 Å². The molecule has 1 amide bonds. The number of hydrogen-bond acceptors (Lipinski definition) is 3. The third-order valence-electron chi connectivity index (χ3n) is 2.86. The molecule has 0 fully saturated rings. The quantitative estimate of drug-likeness (QED) is 0.849. The van der Waals surface area contributed by atoms with Gasteiger partial charge in [0.05, 0.1) is 19.6 Å². The summed E-state index contributed by atoms with van der Waals surface area (Å²) >= 11 is 0. The van der Waals surface area contributed by atoms with Gasteiger partial charge >= 0.3 is 0 Å². The molecule has 0 bridgehead atoms. The van der Waals surface area contributed by atoms with E-state index in [1.807, 2.05) is 30.3 Å². The smallest absolute Gasteiger partial charge is 0.227 e. The van der Waals surface area contributed by atoms with E-state index < -0.39 is 5.82 Å². The van der Waals surface area contributed by atoms with E-state index >= 15 is 0 Å². The highest BCUT2D eigenvalue weighted by Crippen LogP contribution is 2.21. The molecule has 0 aromatic heterocycles. The summed E-state index contributed by atoms with van der Waals surface area (Å²) in [6.45, 7) is 2.43. The summed E-state index contributed by atoms with van der Waals surface area (Å²) in [4.78, 5) is 11.8. The van der Waals surface area contributed by atoms with Crippen LogP contribution in [0.15, 0.2) is 48.5 Å². The molecule has 5 heteroatoms. The molecule has 0 aliphatic rings. The van der Waals surface area contributed by atoms with Gasteiger partial charge < -0.3 is 14.8 Å². The van der Waals surface area contributed by atoms with E-state index in [2.05, 4.69) is 5.32 Å². The molecule has 0 atom stereocenters. The predicted molar refractivity (Wildman–Crippen MR) is 82.8 cm³/mol. The van der Waals surface area contributed by atoms with Gasteiger partial charge in [0.25, 0.3) is 0 Å². The van der Waals surface area contributed by atoms with Gasteiger partial charge in [-0.25, -0.2) is 4.39 Å². The molecule has 0 aliphatic heterocycles. The highest BCUT2D eigenvalue weighted by molar-refractivity contribution is 5.90. The first-order valence-corrected chi connectivity index (χ1v) is 7.09. The zero-order valence-corrected chi connectivity index (χ0v) is 12.3. The Morgan fingerprint density at radius 1 is 1.14 bits per heavy atom. The summed E-state index contributed by atoms with van der Waals surface area (Å²) in [7, 11) is 0. The lowest BCUT2D eigenvalue weighted by Crippen LogP contribution is -2.15. The Balaban J connectivity index is 1.80. The Labute approximate surface area is 128 Å². The van der Waals surface area contributed by atoms with E-state index in [0.29, 0.717) is 18.0 Å². The summed E-state index contributed by atoms with van der Waals surface area (Å²) in [5.74, 6) is 0.148. The standard InChI is InChI=1S/C17H18FNO3/c1-2-21-16-9-8-13(12-15(16)18)19-17(20)10-11-22-14-6-4-3-5-7-14/h3-9,12H,2,10-11H2,1H3,(H,19,20). The van der Waals surface area contributed by atoms with Crippen molar-refractivity contribution >= 4 is 11.6 Å². The zero-order valence-electron chi connectivity index (χ0n) is 12.3. The molecule has 2 aromatic rings. The van der Waals surface area contributed by atoms with E-state index in [9.17, 15) is 9.18 Å². The Morgan fingerprint density at radius 2 is 1.91 bits per heavy atom. The van der Waals surface area contributed by atoms with E-state index in [0.717, 1.165) is 0 Å². The van der Waals surface area contributed by atoms with Crippen LogP contribution in [0.25, 0.3) is 0 Å². The summed E-state index contributed by atoms with van der Waals surface area (Å²) in [5.41, 5.74) is 0.394. The third-order valence-corrected chi connectivity index (χ3v) is 2.86. The SMILES string of the molecule is CCOc1ccc(NC(=O)CCOc2ccccc2)cc1F. The van der Waals surface area contributed by atoms with Crippen molar-refractivity contribution in [3.63, 3.8) is 0 Å². The van der Waals surface area contributed by atoms with Crippen LogP contribution in [-0.4, -0.2) is 19.1 Å². The Bertz CT molecular complexity index is 617. The van der Waals surface area contributed by atoms with Crippen molar-refractivity contribution in [1.82, 2.24) is 0 Å².